The van der Waals surface area contributed by atoms with Crippen molar-refractivity contribution in [3.8, 4) is 11.5 Å². The van der Waals surface area contributed by atoms with E-state index < -0.39 is 0 Å². The molecule has 0 saturated carbocycles. The molecule has 3 nitrogen and oxygen atoms in total. The van der Waals surface area contributed by atoms with Crippen molar-refractivity contribution in [2.45, 2.75) is 13.5 Å². The largest absolute Gasteiger partial charge is 0.493 e. The average molecular weight is 428 g/mol. The van der Waals surface area contributed by atoms with Crippen LogP contribution in [0.2, 0.25) is 0 Å². The first-order chi connectivity index (χ1) is 13.1. The fourth-order valence-electron chi connectivity index (χ4n) is 2.57. The first-order valence-corrected chi connectivity index (χ1v) is 9.21. The van der Waals surface area contributed by atoms with Gasteiger partial charge in [-0.3, -0.25) is 4.99 Å². The molecule has 27 heavy (non-hydrogen) atoms. The molecule has 3 aromatic carbocycles. The third kappa shape index (κ3) is 4.74. The molecule has 0 saturated heterocycles. The lowest BCUT2D eigenvalue weighted by atomic mass is 10.2. The minimum Gasteiger partial charge on any atom is -0.493 e. The van der Waals surface area contributed by atoms with E-state index in [2.05, 4.69) is 20.9 Å². The Morgan fingerprint density at radius 2 is 1.81 bits per heavy atom. The van der Waals surface area contributed by atoms with E-state index in [4.69, 9.17) is 9.47 Å². The summed E-state index contributed by atoms with van der Waals surface area (Å²) in [6.45, 7) is 2.13. The van der Waals surface area contributed by atoms with Crippen molar-refractivity contribution in [3.05, 3.63) is 87.6 Å². The smallest absolute Gasteiger partial charge is 0.175 e. The lowest BCUT2D eigenvalue weighted by Crippen LogP contribution is -2.01. The van der Waals surface area contributed by atoms with Crippen LogP contribution in [0.4, 0.5) is 10.1 Å². The Labute approximate surface area is 166 Å². The van der Waals surface area contributed by atoms with Crippen LogP contribution in [-0.2, 0) is 6.61 Å². The third-order valence-electron chi connectivity index (χ3n) is 4.05. The molecule has 0 fully saturated rings. The highest BCUT2D eigenvalue weighted by atomic mass is 79.9. The number of hydrogen-bond donors (Lipinski definition) is 0. The summed E-state index contributed by atoms with van der Waals surface area (Å²) in [5.74, 6) is 0.773. The maximum atomic E-state index is 13.8. The zero-order valence-electron chi connectivity index (χ0n) is 15.1. The van der Waals surface area contributed by atoms with Crippen LogP contribution in [-0.4, -0.2) is 13.3 Å². The van der Waals surface area contributed by atoms with E-state index in [1.54, 1.807) is 31.5 Å². The fourth-order valence-corrected chi connectivity index (χ4v) is 3.15. The normalized spacial score (nSPS) is 11.0. The second-order valence-corrected chi connectivity index (χ2v) is 6.81. The van der Waals surface area contributed by atoms with Gasteiger partial charge in [-0.25, -0.2) is 4.39 Å². The van der Waals surface area contributed by atoms with Crippen molar-refractivity contribution < 1.29 is 13.9 Å². The van der Waals surface area contributed by atoms with Gasteiger partial charge in [-0.2, -0.15) is 0 Å². The van der Waals surface area contributed by atoms with Crippen molar-refractivity contribution >= 4 is 27.8 Å². The molecule has 0 amide bonds. The molecule has 0 aliphatic heterocycles. The summed E-state index contributed by atoms with van der Waals surface area (Å²) >= 11 is 3.51. The van der Waals surface area contributed by atoms with Gasteiger partial charge in [0.2, 0.25) is 0 Å². The molecule has 0 unspecified atom stereocenters. The van der Waals surface area contributed by atoms with E-state index in [9.17, 15) is 4.39 Å². The molecule has 3 aromatic rings. The van der Waals surface area contributed by atoms with E-state index in [1.165, 1.54) is 6.07 Å². The van der Waals surface area contributed by atoms with Crippen molar-refractivity contribution in [3.63, 3.8) is 0 Å². The third-order valence-corrected chi connectivity index (χ3v) is 4.64. The molecule has 0 bridgehead atoms. The quantitative estimate of drug-likeness (QED) is 0.436. The monoisotopic (exact) mass is 427 g/mol. The van der Waals surface area contributed by atoms with Gasteiger partial charge in [0.25, 0.3) is 0 Å². The van der Waals surface area contributed by atoms with Crippen LogP contribution >= 0.6 is 15.9 Å². The molecule has 0 aliphatic carbocycles. The Balaban J connectivity index is 1.83. The van der Waals surface area contributed by atoms with Crippen molar-refractivity contribution in [1.82, 2.24) is 0 Å². The van der Waals surface area contributed by atoms with E-state index in [-0.39, 0.29) is 12.4 Å². The van der Waals surface area contributed by atoms with E-state index >= 15 is 0 Å². The topological polar surface area (TPSA) is 30.8 Å². The molecule has 0 heterocycles. The fraction of sp³-hybridized carbons (Fsp3) is 0.136. The number of para-hydroxylation sites is 1. The molecule has 3 rings (SSSR count). The standard InChI is InChI=1S/C22H19BrFNO2/c1-15-7-3-6-10-20(15)25-13-16-11-18(23)22(21(12-16)26-2)27-14-17-8-4-5-9-19(17)24/h3-13H,14H2,1-2H3. The van der Waals surface area contributed by atoms with Gasteiger partial charge in [0.15, 0.2) is 11.5 Å². The Kier molecular flexibility index (Phi) is 6.24. The highest BCUT2D eigenvalue weighted by Gasteiger charge is 2.12. The summed E-state index contributed by atoms with van der Waals surface area (Å²) in [5, 5.41) is 0. The lowest BCUT2D eigenvalue weighted by molar-refractivity contribution is 0.278. The Morgan fingerprint density at radius 1 is 1.07 bits per heavy atom. The van der Waals surface area contributed by atoms with Gasteiger partial charge in [-0.05, 0) is 58.2 Å². The molecular formula is C22H19BrFNO2. The molecule has 5 heteroatoms. The van der Waals surface area contributed by atoms with Gasteiger partial charge < -0.3 is 9.47 Å². The highest BCUT2D eigenvalue weighted by Crippen LogP contribution is 2.37. The van der Waals surface area contributed by atoms with Crippen LogP contribution in [0.15, 0.2) is 70.1 Å². The number of ether oxygens (including phenoxy) is 2. The van der Waals surface area contributed by atoms with Crippen LogP contribution in [0.5, 0.6) is 11.5 Å². The van der Waals surface area contributed by atoms with E-state index in [1.807, 2.05) is 43.3 Å². The molecule has 0 N–H and O–H groups in total. The Bertz CT molecular complexity index is 972. The summed E-state index contributed by atoms with van der Waals surface area (Å²) in [7, 11) is 1.57. The van der Waals surface area contributed by atoms with Gasteiger partial charge in [0.1, 0.15) is 12.4 Å². The van der Waals surface area contributed by atoms with Gasteiger partial charge in [0, 0.05) is 11.8 Å². The number of aryl methyl sites for hydroxylation is 1. The lowest BCUT2D eigenvalue weighted by Gasteiger charge is -2.14. The zero-order chi connectivity index (χ0) is 19.2. The zero-order valence-corrected chi connectivity index (χ0v) is 16.7. The van der Waals surface area contributed by atoms with Crippen LogP contribution in [0, 0.1) is 12.7 Å². The first kappa shape index (κ1) is 19.1. The van der Waals surface area contributed by atoms with E-state index in [0.717, 1.165) is 16.8 Å². The summed E-state index contributed by atoms with van der Waals surface area (Å²) in [6, 6.07) is 18.2. The average Bonchev–Trinajstić information content (AvgIpc) is 2.67. The second kappa shape index (κ2) is 8.82. The maximum Gasteiger partial charge on any atom is 0.175 e. The number of rotatable bonds is 6. The van der Waals surface area contributed by atoms with Gasteiger partial charge in [0.05, 0.1) is 17.3 Å². The second-order valence-electron chi connectivity index (χ2n) is 5.96. The van der Waals surface area contributed by atoms with Crippen molar-refractivity contribution in [2.75, 3.05) is 7.11 Å². The van der Waals surface area contributed by atoms with Crippen LogP contribution in [0.25, 0.3) is 0 Å². The highest BCUT2D eigenvalue weighted by molar-refractivity contribution is 9.10. The summed E-state index contributed by atoms with van der Waals surface area (Å²) < 4.78 is 25.8. The number of nitrogens with zero attached hydrogens (tertiary/aromatic N) is 1. The molecule has 0 atom stereocenters. The SMILES string of the molecule is COc1cc(C=Nc2ccccc2C)cc(Br)c1OCc1ccccc1F. The minimum atomic E-state index is -0.297. The van der Waals surface area contributed by atoms with Gasteiger partial charge >= 0.3 is 0 Å². The van der Waals surface area contributed by atoms with Crippen molar-refractivity contribution in [2.24, 2.45) is 4.99 Å². The van der Waals surface area contributed by atoms with Crippen LogP contribution in [0.1, 0.15) is 16.7 Å². The number of methoxy groups -OCH3 is 1. The predicted octanol–water partition coefficient (Wildman–Crippen LogP) is 6.23. The van der Waals surface area contributed by atoms with Gasteiger partial charge in [-0.1, -0.05) is 36.4 Å². The summed E-state index contributed by atoms with van der Waals surface area (Å²) in [5.41, 5.74) is 3.36. The van der Waals surface area contributed by atoms with Crippen LogP contribution in [0.3, 0.4) is 0 Å². The van der Waals surface area contributed by atoms with Crippen LogP contribution < -0.4 is 9.47 Å². The maximum absolute atomic E-state index is 13.8. The molecule has 0 aliphatic rings. The first-order valence-electron chi connectivity index (χ1n) is 8.42. The summed E-state index contributed by atoms with van der Waals surface area (Å²) in [6.07, 6.45) is 1.77. The molecule has 0 radical (unpaired) electrons. The summed E-state index contributed by atoms with van der Waals surface area (Å²) in [4.78, 5) is 4.54. The number of aliphatic imine (C=N–C) groups is 1. The predicted molar refractivity (Wildman–Crippen MR) is 110 cm³/mol. The van der Waals surface area contributed by atoms with Crippen molar-refractivity contribution in [1.29, 1.82) is 0 Å². The minimum absolute atomic E-state index is 0.109. The number of benzene rings is 3. The molecule has 0 spiro atoms. The van der Waals surface area contributed by atoms with Gasteiger partial charge in [-0.15, -0.1) is 0 Å². The number of hydrogen-bond acceptors (Lipinski definition) is 3. The Hall–Kier alpha value is -2.66. The van der Waals surface area contributed by atoms with E-state index in [0.29, 0.717) is 21.5 Å². The molecular weight excluding hydrogens is 409 g/mol. The Morgan fingerprint density at radius 3 is 2.56 bits per heavy atom. The molecule has 0 aromatic heterocycles. The number of halogens is 2. The molecule has 138 valence electrons.